The number of rotatable bonds is 1. The van der Waals surface area contributed by atoms with Crippen LogP contribution in [0.1, 0.15) is 25.8 Å². The van der Waals surface area contributed by atoms with Crippen LogP contribution in [0, 0.1) is 0 Å². The second-order valence-corrected chi connectivity index (χ2v) is 4.48. The van der Waals surface area contributed by atoms with E-state index in [1.54, 1.807) is 6.08 Å². The summed E-state index contributed by atoms with van der Waals surface area (Å²) in [5, 5.41) is 1.90. The molecule has 1 fully saturated rings. The number of benzene rings is 1. The Morgan fingerprint density at radius 3 is 2.24 bits per heavy atom. The lowest BCUT2D eigenvalue weighted by Gasteiger charge is -1.92. The molecule has 1 aliphatic heterocycles. The predicted octanol–water partition coefficient (Wildman–Crippen LogP) is 3.43. The third-order valence-electron chi connectivity index (χ3n) is 1.74. The Morgan fingerprint density at radius 1 is 1.18 bits per heavy atom. The van der Waals surface area contributed by atoms with Crippen LogP contribution < -0.4 is 5.32 Å². The fourth-order valence-corrected chi connectivity index (χ4v) is 1.80. The highest BCUT2D eigenvalue weighted by Crippen LogP contribution is 2.25. The van der Waals surface area contributed by atoms with Crippen LogP contribution in [0.5, 0.6) is 0 Å². The zero-order valence-corrected chi connectivity index (χ0v) is 10.7. The minimum Gasteiger partial charge on any atom is -0.282 e. The smallest absolute Gasteiger partial charge is 0.282 e. The van der Waals surface area contributed by atoms with E-state index in [9.17, 15) is 9.59 Å². The summed E-state index contributed by atoms with van der Waals surface area (Å²) in [7, 11) is 0. The number of amides is 2. The summed E-state index contributed by atoms with van der Waals surface area (Å²) in [5.74, 6) is -0.316. The van der Waals surface area contributed by atoms with Gasteiger partial charge in [0.15, 0.2) is 0 Å². The van der Waals surface area contributed by atoms with Crippen LogP contribution in [-0.4, -0.2) is 11.1 Å². The minimum atomic E-state index is -0.316. The Labute approximate surface area is 105 Å². The molecule has 3 nitrogen and oxygen atoms in total. The van der Waals surface area contributed by atoms with Crippen molar-refractivity contribution in [1.29, 1.82) is 0 Å². The SMILES string of the molecule is CCC.O=C1NC(=O)/C(=C/c2ccccc2)S1. The van der Waals surface area contributed by atoms with Gasteiger partial charge in [-0.05, 0) is 23.4 Å². The number of carbonyl (C=O) groups excluding carboxylic acids is 2. The summed E-state index contributed by atoms with van der Waals surface area (Å²) >= 11 is 0.930. The number of thioether (sulfide) groups is 1. The molecule has 1 saturated heterocycles. The van der Waals surface area contributed by atoms with Gasteiger partial charge >= 0.3 is 0 Å². The standard InChI is InChI=1S/C10H7NO2S.C3H8/c12-9-8(14-10(13)11-9)6-7-4-2-1-3-5-7;1-3-2/h1-6H,(H,11,12,13);3H2,1-2H3/b8-6-;. The van der Waals surface area contributed by atoms with Gasteiger partial charge in [0, 0.05) is 0 Å². The van der Waals surface area contributed by atoms with Crippen molar-refractivity contribution in [3.8, 4) is 0 Å². The number of hydrogen-bond donors (Lipinski definition) is 1. The summed E-state index contributed by atoms with van der Waals surface area (Å²) in [5.41, 5.74) is 0.917. The van der Waals surface area contributed by atoms with Crippen LogP contribution in [0.3, 0.4) is 0 Å². The molecule has 2 rings (SSSR count). The van der Waals surface area contributed by atoms with E-state index in [-0.39, 0.29) is 11.1 Å². The molecule has 1 aromatic carbocycles. The van der Waals surface area contributed by atoms with Crippen molar-refractivity contribution < 1.29 is 9.59 Å². The van der Waals surface area contributed by atoms with E-state index in [0.717, 1.165) is 17.3 Å². The molecule has 1 aromatic rings. The molecule has 0 saturated carbocycles. The van der Waals surface area contributed by atoms with Gasteiger partial charge in [0.25, 0.3) is 11.1 Å². The summed E-state index contributed by atoms with van der Waals surface area (Å²) in [4.78, 5) is 22.5. The van der Waals surface area contributed by atoms with Crippen molar-refractivity contribution in [2.75, 3.05) is 0 Å². The Kier molecular flexibility index (Phi) is 5.49. The highest BCUT2D eigenvalue weighted by molar-refractivity contribution is 8.18. The Balaban J connectivity index is 0.000000437. The molecule has 0 aliphatic carbocycles. The average molecular weight is 249 g/mol. The predicted molar refractivity (Wildman–Crippen MR) is 71.5 cm³/mol. The molecule has 0 bridgehead atoms. The van der Waals surface area contributed by atoms with Gasteiger partial charge in [-0.1, -0.05) is 50.6 Å². The lowest BCUT2D eigenvalue weighted by Crippen LogP contribution is -2.17. The van der Waals surface area contributed by atoms with E-state index in [0.29, 0.717) is 4.91 Å². The molecule has 0 atom stereocenters. The lowest BCUT2D eigenvalue weighted by atomic mass is 10.2. The molecule has 0 spiro atoms. The topological polar surface area (TPSA) is 46.2 Å². The van der Waals surface area contributed by atoms with Gasteiger partial charge in [-0.15, -0.1) is 0 Å². The molecular weight excluding hydrogens is 234 g/mol. The zero-order chi connectivity index (χ0) is 12.7. The first-order valence-electron chi connectivity index (χ1n) is 5.47. The Bertz CT molecular complexity index is 426. The van der Waals surface area contributed by atoms with Gasteiger partial charge in [0.05, 0.1) is 4.91 Å². The van der Waals surface area contributed by atoms with Gasteiger partial charge in [-0.2, -0.15) is 0 Å². The van der Waals surface area contributed by atoms with Crippen molar-refractivity contribution in [2.24, 2.45) is 0 Å². The van der Waals surface area contributed by atoms with E-state index < -0.39 is 0 Å². The number of hydrogen-bond acceptors (Lipinski definition) is 3. The van der Waals surface area contributed by atoms with Crippen LogP contribution in [0.15, 0.2) is 35.2 Å². The maximum atomic E-state index is 11.2. The molecular formula is C13H15NO2S. The van der Waals surface area contributed by atoms with Crippen LogP contribution in [-0.2, 0) is 4.79 Å². The van der Waals surface area contributed by atoms with Crippen LogP contribution in [0.25, 0.3) is 6.08 Å². The Morgan fingerprint density at radius 2 is 1.76 bits per heavy atom. The van der Waals surface area contributed by atoms with Gasteiger partial charge in [0.1, 0.15) is 0 Å². The summed E-state index contributed by atoms with van der Waals surface area (Å²) < 4.78 is 0. The molecule has 4 heteroatoms. The normalized spacial score (nSPS) is 16.5. The van der Waals surface area contributed by atoms with Crippen molar-refractivity contribution in [2.45, 2.75) is 20.3 Å². The summed E-state index contributed by atoms with van der Waals surface area (Å²) in [6.07, 6.45) is 2.95. The van der Waals surface area contributed by atoms with Gasteiger partial charge in [0.2, 0.25) is 0 Å². The number of nitrogens with one attached hydrogen (secondary N) is 1. The van der Waals surface area contributed by atoms with E-state index in [2.05, 4.69) is 19.2 Å². The minimum absolute atomic E-state index is 0.308. The molecule has 90 valence electrons. The first-order chi connectivity index (χ1) is 8.17. The van der Waals surface area contributed by atoms with E-state index in [4.69, 9.17) is 0 Å². The van der Waals surface area contributed by atoms with Crippen molar-refractivity contribution in [3.63, 3.8) is 0 Å². The fourth-order valence-electron chi connectivity index (χ4n) is 1.12. The van der Waals surface area contributed by atoms with Gasteiger partial charge in [-0.25, -0.2) is 0 Å². The van der Waals surface area contributed by atoms with Crippen LogP contribution >= 0.6 is 11.8 Å². The second-order valence-electron chi connectivity index (χ2n) is 3.47. The van der Waals surface area contributed by atoms with E-state index >= 15 is 0 Å². The first-order valence-corrected chi connectivity index (χ1v) is 6.29. The first kappa shape index (κ1) is 13.5. The van der Waals surface area contributed by atoms with Crippen molar-refractivity contribution in [3.05, 3.63) is 40.8 Å². The van der Waals surface area contributed by atoms with Crippen molar-refractivity contribution in [1.82, 2.24) is 5.32 Å². The Hall–Kier alpha value is -1.55. The maximum Gasteiger partial charge on any atom is 0.290 e. The average Bonchev–Trinajstić information content (AvgIpc) is 2.60. The van der Waals surface area contributed by atoms with Crippen LogP contribution in [0.4, 0.5) is 4.79 Å². The van der Waals surface area contributed by atoms with Gasteiger partial charge in [-0.3, -0.25) is 14.9 Å². The highest BCUT2D eigenvalue weighted by atomic mass is 32.2. The number of imide groups is 1. The maximum absolute atomic E-state index is 11.2. The summed E-state index contributed by atoms with van der Waals surface area (Å²) in [6, 6.07) is 9.42. The van der Waals surface area contributed by atoms with Gasteiger partial charge < -0.3 is 0 Å². The summed E-state index contributed by atoms with van der Waals surface area (Å²) in [6.45, 7) is 4.25. The molecule has 2 amide bonds. The lowest BCUT2D eigenvalue weighted by molar-refractivity contribution is -0.115. The molecule has 1 aliphatic rings. The number of carbonyl (C=O) groups is 2. The molecule has 17 heavy (non-hydrogen) atoms. The van der Waals surface area contributed by atoms with E-state index in [1.165, 1.54) is 6.42 Å². The van der Waals surface area contributed by atoms with Crippen LogP contribution in [0.2, 0.25) is 0 Å². The molecule has 1 N–H and O–H groups in total. The fraction of sp³-hybridized carbons (Fsp3) is 0.231. The largest absolute Gasteiger partial charge is 0.290 e. The molecule has 0 radical (unpaired) electrons. The zero-order valence-electron chi connectivity index (χ0n) is 9.90. The quantitative estimate of drug-likeness (QED) is 0.776. The monoisotopic (exact) mass is 249 g/mol. The van der Waals surface area contributed by atoms with E-state index in [1.807, 2.05) is 30.3 Å². The second kappa shape index (κ2) is 6.91. The molecule has 0 aromatic heterocycles. The molecule has 0 unspecified atom stereocenters. The van der Waals surface area contributed by atoms with Crippen molar-refractivity contribution >= 4 is 29.0 Å². The highest BCUT2D eigenvalue weighted by Gasteiger charge is 2.24. The third kappa shape index (κ3) is 4.44. The molecule has 1 heterocycles. The third-order valence-corrected chi connectivity index (χ3v) is 2.55.